The number of halogens is 2. The molecule has 1 aliphatic heterocycles. The van der Waals surface area contributed by atoms with Gasteiger partial charge in [-0.3, -0.25) is 4.79 Å². The van der Waals surface area contributed by atoms with Crippen molar-refractivity contribution in [1.82, 2.24) is 0 Å². The van der Waals surface area contributed by atoms with Crippen molar-refractivity contribution in [2.24, 2.45) is 0 Å². The van der Waals surface area contributed by atoms with Crippen LogP contribution in [0.5, 0.6) is 5.75 Å². The second kappa shape index (κ2) is 6.36. The highest BCUT2D eigenvalue weighted by molar-refractivity contribution is 9.10. The van der Waals surface area contributed by atoms with Gasteiger partial charge in [0.1, 0.15) is 5.75 Å². The Labute approximate surface area is 146 Å². The van der Waals surface area contributed by atoms with Gasteiger partial charge in [-0.1, -0.05) is 46.3 Å². The molecule has 4 nitrogen and oxygen atoms in total. The summed E-state index contributed by atoms with van der Waals surface area (Å²) in [7, 11) is 0. The number of ether oxygens (including phenoxy) is 2. The molecule has 0 N–H and O–H groups in total. The van der Waals surface area contributed by atoms with Gasteiger partial charge in [0.25, 0.3) is 0 Å². The molecular formula is C18H14BrFO4. The van der Waals surface area contributed by atoms with Gasteiger partial charge in [0.05, 0.1) is 12.2 Å². The van der Waals surface area contributed by atoms with Gasteiger partial charge in [0.15, 0.2) is 6.10 Å². The Hall–Kier alpha value is -2.21. The first kappa shape index (κ1) is 16.6. The number of alkyl halides is 1. The van der Waals surface area contributed by atoms with E-state index in [4.69, 9.17) is 9.47 Å². The largest absolute Gasteiger partial charge is 0.480 e. The van der Waals surface area contributed by atoms with Crippen LogP contribution in [-0.4, -0.2) is 24.0 Å². The summed E-state index contributed by atoms with van der Waals surface area (Å²) in [6, 6.07) is 13.0. The minimum absolute atomic E-state index is 0.0244. The highest BCUT2D eigenvalue weighted by Crippen LogP contribution is 2.45. The van der Waals surface area contributed by atoms with E-state index < -0.39 is 23.5 Å². The lowest BCUT2D eigenvalue weighted by molar-refractivity contribution is -0.160. The number of hydrogen-bond donors (Lipinski definition) is 0. The molecule has 0 aliphatic carbocycles. The third-order valence-corrected chi connectivity index (χ3v) is 4.55. The second-order valence-corrected chi connectivity index (χ2v) is 6.13. The molecule has 0 unspecified atom stereocenters. The number of hydrogen-bond acceptors (Lipinski definition) is 4. The van der Waals surface area contributed by atoms with E-state index in [-0.39, 0.29) is 17.9 Å². The highest BCUT2D eigenvalue weighted by Gasteiger charge is 2.60. The van der Waals surface area contributed by atoms with E-state index in [0.29, 0.717) is 10.0 Å². The highest BCUT2D eigenvalue weighted by atomic mass is 79.9. The molecule has 2 atom stereocenters. The van der Waals surface area contributed by atoms with Crippen molar-refractivity contribution >= 4 is 27.7 Å². The lowest BCUT2D eigenvalue weighted by Crippen LogP contribution is -2.53. The molecule has 124 valence electrons. The van der Waals surface area contributed by atoms with Crippen LogP contribution in [0.15, 0.2) is 53.0 Å². The Balaban J connectivity index is 2.19. The lowest BCUT2D eigenvalue weighted by atomic mass is 9.83. The fourth-order valence-electron chi connectivity index (χ4n) is 2.68. The number of fused-ring (bicyclic) bond motifs is 1. The van der Waals surface area contributed by atoms with Crippen molar-refractivity contribution < 1.29 is 23.5 Å². The van der Waals surface area contributed by atoms with Gasteiger partial charge < -0.3 is 9.47 Å². The zero-order valence-corrected chi connectivity index (χ0v) is 14.4. The molecule has 0 bridgehead atoms. The van der Waals surface area contributed by atoms with Crippen LogP contribution in [0.3, 0.4) is 0 Å². The van der Waals surface area contributed by atoms with Crippen LogP contribution in [0.2, 0.25) is 0 Å². The first-order valence-corrected chi connectivity index (χ1v) is 8.20. The average Bonchev–Trinajstić information content (AvgIpc) is 2.59. The van der Waals surface area contributed by atoms with Crippen LogP contribution in [-0.2, 0) is 9.53 Å². The molecule has 0 amide bonds. The van der Waals surface area contributed by atoms with E-state index in [0.717, 1.165) is 0 Å². The SMILES string of the molecule is CCOC(=O)[C@]1(F)C(=O)c2ccccc2O[C@@H]1c1ccccc1Br. The molecule has 0 radical (unpaired) electrons. The number of para-hydroxylation sites is 1. The summed E-state index contributed by atoms with van der Waals surface area (Å²) in [4.78, 5) is 25.1. The first-order valence-electron chi connectivity index (χ1n) is 7.41. The number of carbonyl (C=O) groups excluding carboxylic acids is 2. The maximum atomic E-state index is 15.8. The van der Waals surface area contributed by atoms with E-state index in [1.807, 2.05) is 0 Å². The molecule has 0 aromatic heterocycles. The maximum absolute atomic E-state index is 15.8. The predicted octanol–water partition coefficient (Wildman–Crippen LogP) is 4.04. The zero-order valence-electron chi connectivity index (χ0n) is 12.8. The van der Waals surface area contributed by atoms with Crippen LogP contribution < -0.4 is 4.74 Å². The number of esters is 1. The summed E-state index contributed by atoms with van der Waals surface area (Å²) in [6.07, 6.45) is -1.44. The van der Waals surface area contributed by atoms with Crippen molar-refractivity contribution in [2.75, 3.05) is 6.61 Å². The maximum Gasteiger partial charge on any atom is 0.356 e. The summed E-state index contributed by atoms with van der Waals surface area (Å²) in [5, 5.41) is 0. The standard InChI is InChI=1S/C18H14BrFO4/c1-2-23-17(22)18(20)15(21)12-8-4-6-10-14(12)24-16(18)11-7-3-5-9-13(11)19/h3-10,16H,2H2,1H3/t16-,18+/m1/s1. The van der Waals surface area contributed by atoms with Crippen molar-refractivity contribution in [3.63, 3.8) is 0 Å². The monoisotopic (exact) mass is 392 g/mol. The van der Waals surface area contributed by atoms with Gasteiger partial charge in [-0.15, -0.1) is 0 Å². The van der Waals surface area contributed by atoms with Crippen LogP contribution in [0.25, 0.3) is 0 Å². The fraction of sp³-hybridized carbons (Fsp3) is 0.222. The molecule has 0 saturated heterocycles. The Morgan fingerprint density at radius 3 is 2.62 bits per heavy atom. The molecule has 6 heteroatoms. The number of benzene rings is 2. The van der Waals surface area contributed by atoms with Gasteiger partial charge in [-0.05, 0) is 25.1 Å². The smallest absolute Gasteiger partial charge is 0.356 e. The molecule has 3 rings (SSSR count). The molecule has 0 fully saturated rings. The Bertz CT molecular complexity index is 807. The second-order valence-electron chi connectivity index (χ2n) is 5.28. The number of Topliss-reactive ketones (excluding diaryl/α,β-unsaturated/α-hetero) is 1. The number of carbonyl (C=O) groups is 2. The fourth-order valence-corrected chi connectivity index (χ4v) is 3.17. The molecule has 0 saturated carbocycles. The van der Waals surface area contributed by atoms with Gasteiger partial charge in [0.2, 0.25) is 5.78 Å². The van der Waals surface area contributed by atoms with Crippen LogP contribution >= 0.6 is 15.9 Å². The number of ketones is 1. The minimum Gasteiger partial charge on any atom is -0.480 e. The summed E-state index contributed by atoms with van der Waals surface area (Å²) in [5.41, 5.74) is -2.57. The summed E-state index contributed by atoms with van der Waals surface area (Å²) >= 11 is 3.32. The normalized spacial score (nSPS) is 22.5. The Morgan fingerprint density at radius 1 is 1.25 bits per heavy atom. The van der Waals surface area contributed by atoms with Crippen LogP contribution in [0.4, 0.5) is 4.39 Å². The molecule has 2 aromatic carbocycles. The van der Waals surface area contributed by atoms with Crippen LogP contribution in [0.1, 0.15) is 28.9 Å². The van der Waals surface area contributed by atoms with E-state index in [1.165, 1.54) is 6.07 Å². The minimum atomic E-state index is -2.95. The molecule has 1 aliphatic rings. The molecule has 1 heterocycles. The third-order valence-electron chi connectivity index (χ3n) is 3.83. The molecule has 0 spiro atoms. The molecule has 24 heavy (non-hydrogen) atoms. The summed E-state index contributed by atoms with van der Waals surface area (Å²) < 4.78 is 26.9. The van der Waals surface area contributed by atoms with Crippen molar-refractivity contribution in [3.8, 4) is 5.75 Å². The Morgan fingerprint density at radius 2 is 1.92 bits per heavy atom. The quantitative estimate of drug-likeness (QED) is 0.584. The third kappa shape index (κ3) is 2.51. The van der Waals surface area contributed by atoms with Crippen LogP contribution in [0, 0.1) is 0 Å². The van der Waals surface area contributed by atoms with E-state index >= 15 is 4.39 Å². The van der Waals surface area contributed by atoms with E-state index in [1.54, 1.807) is 49.4 Å². The summed E-state index contributed by atoms with van der Waals surface area (Å²) in [6.45, 7) is 1.51. The van der Waals surface area contributed by atoms with Gasteiger partial charge >= 0.3 is 11.6 Å². The topological polar surface area (TPSA) is 52.6 Å². The van der Waals surface area contributed by atoms with Crippen molar-refractivity contribution in [2.45, 2.75) is 18.7 Å². The Kier molecular flexibility index (Phi) is 4.41. The average molecular weight is 393 g/mol. The summed E-state index contributed by atoms with van der Waals surface area (Å²) in [5.74, 6) is -1.96. The lowest BCUT2D eigenvalue weighted by Gasteiger charge is -2.36. The van der Waals surface area contributed by atoms with E-state index in [2.05, 4.69) is 15.9 Å². The molecular weight excluding hydrogens is 379 g/mol. The van der Waals surface area contributed by atoms with Crippen molar-refractivity contribution in [3.05, 3.63) is 64.1 Å². The molecule has 2 aromatic rings. The predicted molar refractivity (Wildman–Crippen MR) is 88.8 cm³/mol. The van der Waals surface area contributed by atoms with Crippen molar-refractivity contribution in [1.29, 1.82) is 0 Å². The first-order chi connectivity index (χ1) is 11.5. The van der Waals surface area contributed by atoms with Gasteiger partial charge in [-0.2, -0.15) is 0 Å². The van der Waals surface area contributed by atoms with E-state index in [9.17, 15) is 9.59 Å². The van der Waals surface area contributed by atoms with Gasteiger partial charge in [-0.25, -0.2) is 9.18 Å². The number of rotatable bonds is 3. The zero-order chi connectivity index (χ0) is 17.3. The van der Waals surface area contributed by atoms with Gasteiger partial charge in [0, 0.05) is 10.0 Å².